The summed E-state index contributed by atoms with van der Waals surface area (Å²) in [7, 11) is 0. The molecule has 2 nitrogen and oxygen atoms in total. The minimum atomic E-state index is -0.832. The first-order valence-corrected chi connectivity index (χ1v) is 6.07. The maximum atomic E-state index is 13.1. The van der Waals surface area contributed by atoms with Crippen LogP contribution in [0.1, 0.15) is 17.2 Å². The largest absolute Gasteiger partial charge is 0.271 e. The molecule has 90 valence electrons. The van der Waals surface area contributed by atoms with Crippen LogP contribution in [0.3, 0.4) is 0 Å². The molecule has 0 aliphatic heterocycles. The van der Waals surface area contributed by atoms with Crippen LogP contribution in [0.15, 0.2) is 35.0 Å². The molecule has 0 saturated carbocycles. The van der Waals surface area contributed by atoms with E-state index < -0.39 is 11.6 Å². The van der Waals surface area contributed by atoms with Gasteiger partial charge in [0.2, 0.25) is 0 Å². The second-order valence-electron chi connectivity index (χ2n) is 3.73. The second-order valence-corrected chi connectivity index (χ2v) is 4.51. The Kier molecular flexibility index (Phi) is 3.83. The summed E-state index contributed by atoms with van der Waals surface area (Å²) in [5.74, 6) is 3.80. The van der Waals surface area contributed by atoms with Gasteiger partial charge in [-0.25, -0.2) is 8.78 Å². The molecule has 1 atom stereocenters. The zero-order valence-corrected chi connectivity index (χ0v) is 9.81. The van der Waals surface area contributed by atoms with Crippen LogP contribution >= 0.6 is 11.3 Å². The fourth-order valence-electron chi connectivity index (χ4n) is 1.65. The highest BCUT2D eigenvalue weighted by molar-refractivity contribution is 7.07. The van der Waals surface area contributed by atoms with Crippen molar-refractivity contribution in [1.29, 1.82) is 0 Å². The Morgan fingerprint density at radius 1 is 1.24 bits per heavy atom. The van der Waals surface area contributed by atoms with E-state index in [4.69, 9.17) is 5.84 Å². The van der Waals surface area contributed by atoms with E-state index in [1.54, 1.807) is 17.4 Å². The van der Waals surface area contributed by atoms with Gasteiger partial charge in [-0.1, -0.05) is 6.07 Å². The van der Waals surface area contributed by atoms with E-state index in [2.05, 4.69) is 5.43 Å². The van der Waals surface area contributed by atoms with Crippen molar-refractivity contribution >= 4 is 11.3 Å². The van der Waals surface area contributed by atoms with Crippen molar-refractivity contribution in [2.75, 3.05) is 0 Å². The Hall–Kier alpha value is -1.30. The molecule has 1 heterocycles. The van der Waals surface area contributed by atoms with E-state index in [0.717, 1.165) is 11.6 Å². The Balaban J connectivity index is 2.16. The molecule has 0 radical (unpaired) electrons. The fraction of sp³-hybridized carbons (Fsp3) is 0.167. The summed E-state index contributed by atoms with van der Waals surface area (Å²) in [5, 5.41) is 3.93. The topological polar surface area (TPSA) is 38.0 Å². The van der Waals surface area contributed by atoms with Gasteiger partial charge in [-0.15, -0.1) is 0 Å². The summed E-state index contributed by atoms with van der Waals surface area (Å²) < 4.78 is 25.8. The molecule has 2 aromatic rings. The maximum Gasteiger partial charge on any atom is 0.159 e. The average Bonchev–Trinajstić information content (AvgIpc) is 2.84. The van der Waals surface area contributed by atoms with Crippen LogP contribution in [0, 0.1) is 11.6 Å². The molecule has 1 aromatic carbocycles. The molecule has 0 spiro atoms. The third-order valence-corrected chi connectivity index (χ3v) is 3.27. The first kappa shape index (κ1) is 12.2. The molecule has 0 amide bonds. The smallest absolute Gasteiger partial charge is 0.159 e. The first-order valence-electron chi connectivity index (χ1n) is 5.13. The van der Waals surface area contributed by atoms with E-state index in [-0.39, 0.29) is 6.04 Å². The van der Waals surface area contributed by atoms with Crippen molar-refractivity contribution in [3.8, 4) is 0 Å². The lowest BCUT2D eigenvalue weighted by atomic mass is 10.0. The standard InChI is InChI=1S/C12H12F2N2S/c13-10-2-1-8(5-11(10)14)6-12(16-15)9-3-4-17-7-9/h1-5,7,12,16H,6,15H2. The summed E-state index contributed by atoms with van der Waals surface area (Å²) in [6.45, 7) is 0. The Bertz CT molecular complexity index is 485. The molecule has 17 heavy (non-hydrogen) atoms. The molecule has 0 aliphatic rings. The highest BCUT2D eigenvalue weighted by atomic mass is 32.1. The molecule has 2 rings (SSSR count). The van der Waals surface area contributed by atoms with Crippen LogP contribution < -0.4 is 11.3 Å². The molecule has 0 bridgehead atoms. The summed E-state index contributed by atoms with van der Waals surface area (Å²) in [6, 6.07) is 5.76. The van der Waals surface area contributed by atoms with Gasteiger partial charge >= 0.3 is 0 Å². The lowest BCUT2D eigenvalue weighted by Crippen LogP contribution is -2.29. The zero-order chi connectivity index (χ0) is 12.3. The number of hydrazine groups is 1. The SMILES string of the molecule is NNC(Cc1ccc(F)c(F)c1)c1ccsc1. The average molecular weight is 254 g/mol. The second kappa shape index (κ2) is 5.35. The number of hydrogen-bond acceptors (Lipinski definition) is 3. The minimum Gasteiger partial charge on any atom is -0.271 e. The quantitative estimate of drug-likeness (QED) is 0.650. The van der Waals surface area contributed by atoms with Crippen LogP contribution in [0.5, 0.6) is 0 Å². The molecule has 1 unspecified atom stereocenters. The molecular formula is C12H12F2N2S. The number of nitrogens with one attached hydrogen (secondary N) is 1. The van der Waals surface area contributed by atoms with Gasteiger partial charge in [-0.2, -0.15) is 11.3 Å². The molecule has 3 N–H and O–H groups in total. The van der Waals surface area contributed by atoms with Crippen LogP contribution in [0.25, 0.3) is 0 Å². The Labute approximate surface area is 102 Å². The summed E-state index contributed by atoms with van der Waals surface area (Å²) in [6.07, 6.45) is 0.518. The molecule has 0 fully saturated rings. The van der Waals surface area contributed by atoms with E-state index in [9.17, 15) is 8.78 Å². The zero-order valence-electron chi connectivity index (χ0n) is 8.99. The van der Waals surface area contributed by atoms with Gasteiger partial charge in [0.25, 0.3) is 0 Å². The van der Waals surface area contributed by atoms with E-state index in [1.807, 2.05) is 16.8 Å². The van der Waals surface area contributed by atoms with E-state index >= 15 is 0 Å². The number of halogens is 2. The highest BCUT2D eigenvalue weighted by Crippen LogP contribution is 2.21. The summed E-state index contributed by atoms with van der Waals surface area (Å²) >= 11 is 1.57. The predicted octanol–water partition coefficient (Wildman–Crippen LogP) is 2.77. The van der Waals surface area contributed by atoms with Crippen LogP contribution in [-0.4, -0.2) is 0 Å². The van der Waals surface area contributed by atoms with Gasteiger partial charge in [0.1, 0.15) is 0 Å². The van der Waals surface area contributed by atoms with Gasteiger partial charge in [0.15, 0.2) is 11.6 Å². The van der Waals surface area contributed by atoms with Crippen molar-refractivity contribution in [1.82, 2.24) is 5.43 Å². The van der Waals surface area contributed by atoms with Gasteiger partial charge in [0, 0.05) is 0 Å². The maximum absolute atomic E-state index is 13.1. The van der Waals surface area contributed by atoms with Gasteiger partial charge < -0.3 is 0 Å². The van der Waals surface area contributed by atoms with Crippen molar-refractivity contribution in [3.63, 3.8) is 0 Å². The lowest BCUT2D eigenvalue weighted by molar-refractivity contribution is 0.502. The number of benzene rings is 1. The van der Waals surface area contributed by atoms with Crippen LogP contribution in [0.2, 0.25) is 0 Å². The number of thiophene rings is 1. The molecule has 1 aromatic heterocycles. The number of nitrogens with two attached hydrogens (primary N) is 1. The van der Waals surface area contributed by atoms with Crippen LogP contribution in [-0.2, 0) is 6.42 Å². The summed E-state index contributed by atoms with van der Waals surface area (Å²) in [5.41, 5.74) is 4.43. The van der Waals surface area contributed by atoms with Gasteiger partial charge in [0.05, 0.1) is 6.04 Å². The summed E-state index contributed by atoms with van der Waals surface area (Å²) in [4.78, 5) is 0. The molecular weight excluding hydrogens is 242 g/mol. The van der Waals surface area contributed by atoms with Gasteiger partial charge in [-0.05, 0) is 46.5 Å². The van der Waals surface area contributed by atoms with Crippen molar-refractivity contribution in [3.05, 3.63) is 57.8 Å². The monoisotopic (exact) mass is 254 g/mol. The first-order chi connectivity index (χ1) is 8.20. The Morgan fingerprint density at radius 2 is 2.06 bits per heavy atom. The normalized spacial score (nSPS) is 12.6. The van der Waals surface area contributed by atoms with Crippen molar-refractivity contribution in [2.24, 2.45) is 5.84 Å². The van der Waals surface area contributed by atoms with Crippen molar-refractivity contribution in [2.45, 2.75) is 12.5 Å². The Morgan fingerprint density at radius 3 is 2.65 bits per heavy atom. The lowest BCUT2D eigenvalue weighted by Gasteiger charge is -2.14. The van der Waals surface area contributed by atoms with E-state index in [0.29, 0.717) is 12.0 Å². The highest BCUT2D eigenvalue weighted by Gasteiger charge is 2.12. The van der Waals surface area contributed by atoms with Crippen molar-refractivity contribution < 1.29 is 8.78 Å². The number of rotatable bonds is 4. The fourth-order valence-corrected chi connectivity index (χ4v) is 2.36. The minimum absolute atomic E-state index is 0.0916. The third-order valence-electron chi connectivity index (χ3n) is 2.57. The number of hydrogen-bond donors (Lipinski definition) is 2. The third kappa shape index (κ3) is 2.88. The molecule has 0 aliphatic carbocycles. The van der Waals surface area contributed by atoms with Gasteiger partial charge in [-0.3, -0.25) is 11.3 Å². The molecule has 0 saturated heterocycles. The van der Waals surface area contributed by atoms with Crippen LogP contribution in [0.4, 0.5) is 8.78 Å². The van der Waals surface area contributed by atoms with E-state index in [1.165, 1.54) is 6.07 Å². The molecule has 5 heteroatoms. The predicted molar refractivity (Wildman–Crippen MR) is 64.4 cm³/mol.